The number of hydrogen-bond acceptors (Lipinski definition) is 3. The average Bonchev–Trinajstić information content (AvgIpc) is 2.93. The van der Waals surface area contributed by atoms with Gasteiger partial charge in [-0.25, -0.2) is 17.2 Å². The van der Waals surface area contributed by atoms with E-state index in [9.17, 15) is 35.2 Å². The van der Waals surface area contributed by atoms with Crippen LogP contribution < -0.4 is 10.0 Å². The zero-order valence-corrected chi connectivity index (χ0v) is 14.8. The lowest BCUT2D eigenvalue weighted by atomic mass is 10.3. The van der Waals surface area contributed by atoms with Gasteiger partial charge in [-0.2, -0.15) is 17.9 Å². The molecule has 0 saturated heterocycles. The van der Waals surface area contributed by atoms with Gasteiger partial charge in [0, 0.05) is 13.2 Å². The number of sulfonamides is 1. The fourth-order valence-electron chi connectivity index (χ4n) is 2.06. The maximum Gasteiger partial charge on any atom is 0.404 e. The van der Waals surface area contributed by atoms with Gasteiger partial charge >= 0.3 is 6.18 Å². The summed E-state index contributed by atoms with van der Waals surface area (Å²) in [4.78, 5) is 11.6. The molecule has 27 heavy (non-hydrogen) atoms. The first-order valence-electron chi connectivity index (χ1n) is 7.33. The molecular formula is C15H14F5N3O3S. The summed E-state index contributed by atoms with van der Waals surface area (Å²) in [5.74, 6) is -3.49. The van der Waals surface area contributed by atoms with Crippen molar-refractivity contribution in [2.24, 2.45) is 7.05 Å². The first-order chi connectivity index (χ1) is 12.3. The molecule has 0 spiro atoms. The summed E-state index contributed by atoms with van der Waals surface area (Å²) >= 11 is 0. The molecule has 2 rings (SSSR count). The van der Waals surface area contributed by atoms with E-state index in [1.54, 1.807) is 0 Å². The molecule has 1 atom stereocenters. The van der Waals surface area contributed by atoms with Crippen molar-refractivity contribution in [3.8, 4) is 0 Å². The SMILES string of the molecule is C[C@@H](NS(=O)(=O)c1cc(C(=O)Nc2cccc(F)c2F)n(C)c1)C(F)(F)F. The number of carbonyl (C=O) groups excluding carboxylic acids is 1. The Morgan fingerprint density at radius 3 is 2.44 bits per heavy atom. The van der Waals surface area contributed by atoms with Gasteiger partial charge in [0.2, 0.25) is 10.0 Å². The van der Waals surface area contributed by atoms with Gasteiger partial charge < -0.3 is 9.88 Å². The summed E-state index contributed by atoms with van der Waals surface area (Å²) < 4.78 is 91.1. The Morgan fingerprint density at radius 1 is 1.22 bits per heavy atom. The van der Waals surface area contributed by atoms with E-state index in [4.69, 9.17) is 0 Å². The molecule has 1 amide bonds. The summed E-state index contributed by atoms with van der Waals surface area (Å²) in [6.45, 7) is 0.626. The number of nitrogens with zero attached hydrogens (tertiary/aromatic N) is 1. The second kappa shape index (κ2) is 7.27. The van der Waals surface area contributed by atoms with Crippen LogP contribution >= 0.6 is 0 Å². The molecule has 1 heterocycles. The zero-order chi connectivity index (χ0) is 20.6. The molecular weight excluding hydrogens is 397 g/mol. The second-order valence-electron chi connectivity index (χ2n) is 5.61. The molecule has 0 unspecified atom stereocenters. The molecule has 1 aromatic carbocycles. The van der Waals surface area contributed by atoms with Crippen LogP contribution in [0.25, 0.3) is 0 Å². The number of halogens is 5. The van der Waals surface area contributed by atoms with Crippen LogP contribution in [0, 0.1) is 11.6 Å². The highest BCUT2D eigenvalue weighted by atomic mass is 32.2. The van der Waals surface area contributed by atoms with Gasteiger partial charge in [-0.05, 0) is 25.1 Å². The third-order valence-corrected chi connectivity index (χ3v) is 5.05. The lowest BCUT2D eigenvalue weighted by Crippen LogP contribution is -2.42. The Kier molecular flexibility index (Phi) is 5.61. The Bertz CT molecular complexity index is 970. The fourth-order valence-corrected chi connectivity index (χ4v) is 3.36. The van der Waals surface area contributed by atoms with E-state index in [1.807, 2.05) is 0 Å². The van der Waals surface area contributed by atoms with E-state index in [0.29, 0.717) is 6.92 Å². The van der Waals surface area contributed by atoms with Crippen LogP contribution in [-0.4, -0.2) is 31.1 Å². The zero-order valence-electron chi connectivity index (χ0n) is 13.9. The molecule has 0 aliphatic carbocycles. The third kappa shape index (κ3) is 4.63. The largest absolute Gasteiger partial charge is 0.404 e. The molecule has 0 bridgehead atoms. The van der Waals surface area contributed by atoms with Gasteiger partial charge in [-0.1, -0.05) is 6.07 Å². The van der Waals surface area contributed by atoms with E-state index in [-0.39, 0.29) is 5.69 Å². The molecule has 148 valence electrons. The Balaban J connectivity index is 2.27. The molecule has 1 aromatic heterocycles. The molecule has 6 nitrogen and oxygen atoms in total. The number of amides is 1. The molecule has 12 heteroatoms. The average molecular weight is 411 g/mol. The molecule has 0 aliphatic heterocycles. The minimum absolute atomic E-state index is 0.293. The normalized spacial score (nSPS) is 13.4. The summed E-state index contributed by atoms with van der Waals surface area (Å²) in [6, 6.07) is 1.55. The number of benzene rings is 1. The van der Waals surface area contributed by atoms with Crippen LogP contribution in [-0.2, 0) is 17.1 Å². The smallest absolute Gasteiger partial charge is 0.345 e. The Morgan fingerprint density at radius 2 is 1.85 bits per heavy atom. The minimum Gasteiger partial charge on any atom is -0.345 e. The molecule has 0 fully saturated rings. The number of aromatic nitrogens is 1. The Hall–Kier alpha value is -2.47. The molecule has 2 N–H and O–H groups in total. The first-order valence-corrected chi connectivity index (χ1v) is 8.82. The van der Waals surface area contributed by atoms with E-state index in [0.717, 1.165) is 35.0 Å². The summed E-state index contributed by atoms with van der Waals surface area (Å²) in [6.07, 6.45) is -3.88. The number of carbonyl (C=O) groups is 1. The highest BCUT2D eigenvalue weighted by molar-refractivity contribution is 7.89. The number of aryl methyl sites for hydroxylation is 1. The van der Waals surface area contributed by atoms with E-state index in [2.05, 4.69) is 5.32 Å². The van der Waals surface area contributed by atoms with Gasteiger partial charge in [0.15, 0.2) is 11.6 Å². The number of hydrogen-bond donors (Lipinski definition) is 2. The molecule has 0 aliphatic rings. The van der Waals surface area contributed by atoms with Crippen molar-refractivity contribution in [1.29, 1.82) is 0 Å². The first kappa shape index (κ1) is 20.8. The van der Waals surface area contributed by atoms with Crippen LogP contribution in [0.4, 0.5) is 27.6 Å². The third-order valence-electron chi connectivity index (χ3n) is 3.55. The van der Waals surface area contributed by atoms with Crippen LogP contribution in [0.1, 0.15) is 17.4 Å². The van der Waals surface area contributed by atoms with Crippen molar-refractivity contribution in [1.82, 2.24) is 9.29 Å². The summed E-state index contributed by atoms with van der Waals surface area (Å²) in [5, 5.41) is 2.07. The van der Waals surface area contributed by atoms with E-state index >= 15 is 0 Å². The van der Waals surface area contributed by atoms with Gasteiger partial charge in [0.05, 0.1) is 5.69 Å². The number of alkyl halides is 3. The van der Waals surface area contributed by atoms with Gasteiger partial charge in [0.1, 0.15) is 16.6 Å². The maximum atomic E-state index is 13.6. The fraction of sp³-hybridized carbons (Fsp3) is 0.267. The quantitative estimate of drug-likeness (QED) is 0.743. The summed E-state index contributed by atoms with van der Waals surface area (Å²) in [7, 11) is -3.30. The molecule has 0 radical (unpaired) electrons. The lowest BCUT2D eigenvalue weighted by Gasteiger charge is -2.16. The lowest BCUT2D eigenvalue weighted by molar-refractivity contribution is -0.147. The minimum atomic E-state index is -4.79. The van der Waals surface area contributed by atoms with Gasteiger partial charge in [-0.15, -0.1) is 0 Å². The second-order valence-corrected chi connectivity index (χ2v) is 7.33. The molecule has 2 aromatic rings. The standard InChI is InChI=1S/C15H14F5N3O3S/c1-8(15(18,19)20)22-27(25,26)9-6-12(23(2)7-9)14(24)21-11-5-3-4-10(16)13(11)17/h3-8,22H,1-2H3,(H,21,24)/t8-/m1/s1. The van der Waals surface area contributed by atoms with Crippen molar-refractivity contribution in [2.45, 2.75) is 24.0 Å². The number of nitrogens with one attached hydrogen (secondary N) is 2. The topological polar surface area (TPSA) is 80.2 Å². The highest BCUT2D eigenvalue weighted by Gasteiger charge is 2.39. The number of rotatable bonds is 5. The number of anilines is 1. The van der Waals surface area contributed by atoms with Crippen LogP contribution in [0.2, 0.25) is 0 Å². The van der Waals surface area contributed by atoms with Crippen molar-refractivity contribution in [2.75, 3.05) is 5.32 Å². The van der Waals surface area contributed by atoms with E-state index < -0.39 is 50.4 Å². The van der Waals surface area contributed by atoms with Crippen LogP contribution in [0.15, 0.2) is 35.4 Å². The van der Waals surface area contributed by atoms with Crippen molar-refractivity contribution in [3.63, 3.8) is 0 Å². The summed E-state index contributed by atoms with van der Waals surface area (Å²) in [5.41, 5.74) is -0.770. The monoisotopic (exact) mass is 411 g/mol. The van der Waals surface area contributed by atoms with E-state index in [1.165, 1.54) is 11.8 Å². The predicted octanol–water partition coefficient (Wildman–Crippen LogP) is 2.78. The van der Waals surface area contributed by atoms with Gasteiger partial charge in [0.25, 0.3) is 5.91 Å². The van der Waals surface area contributed by atoms with Crippen molar-refractivity contribution >= 4 is 21.6 Å². The van der Waals surface area contributed by atoms with Crippen molar-refractivity contribution in [3.05, 3.63) is 47.8 Å². The van der Waals surface area contributed by atoms with Crippen molar-refractivity contribution < 1.29 is 35.2 Å². The molecule has 0 saturated carbocycles. The Labute approximate surface area is 151 Å². The van der Waals surface area contributed by atoms with Crippen LogP contribution in [0.3, 0.4) is 0 Å². The maximum absolute atomic E-state index is 13.6. The predicted molar refractivity (Wildman–Crippen MR) is 85.6 cm³/mol. The van der Waals surface area contributed by atoms with Crippen LogP contribution in [0.5, 0.6) is 0 Å². The highest BCUT2D eigenvalue weighted by Crippen LogP contribution is 2.23. The van der Waals surface area contributed by atoms with Gasteiger partial charge in [-0.3, -0.25) is 4.79 Å².